The van der Waals surface area contributed by atoms with Crippen LogP contribution in [-0.2, 0) is 0 Å². The largest absolute Gasteiger partial charge is 0.509 e. The molecule has 6 N–H and O–H groups in total. The Balaban J connectivity index is 2.65. The average molecular weight is 302 g/mol. The molecule has 0 heterocycles. The third kappa shape index (κ3) is 1.14. The van der Waals surface area contributed by atoms with Crippen LogP contribution in [0.3, 0.4) is 0 Å². The zero-order valence-corrected chi connectivity index (χ0v) is 13.4. The number of rotatable bonds is 3. The molecule has 4 atom stereocenters. The maximum Gasteiger partial charge on any atom is 0.161 e. The standard InChI is InChI=1S/C15H26O6/c1-8(2)9(17)13(19)11(5,6)15(13,21)14(20)10(3,4)12(14,18)7-16/h16-21H,7H2,1-6H3/t12-,13-,14+,15+/m0/s1. The Morgan fingerprint density at radius 2 is 1.24 bits per heavy atom. The molecule has 0 aromatic heterocycles. The fourth-order valence-electron chi connectivity index (χ4n) is 4.35. The van der Waals surface area contributed by atoms with Crippen LogP contribution in [0, 0.1) is 10.8 Å². The minimum atomic E-state index is -2.19. The molecule has 0 unspecified atom stereocenters. The molecule has 2 rings (SSSR count). The van der Waals surface area contributed by atoms with Crippen molar-refractivity contribution in [2.24, 2.45) is 10.8 Å². The lowest BCUT2D eigenvalue weighted by Crippen LogP contribution is -2.49. The van der Waals surface area contributed by atoms with E-state index in [1.807, 2.05) is 0 Å². The zero-order valence-electron chi connectivity index (χ0n) is 13.4. The van der Waals surface area contributed by atoms with Crippen LogP contribution in [0.4, 0.5) is 0 Å². The molecule has 6 nitrogen and oxygen atoms in total. The number of hydrogen-bond donors (Lipinski definition) is 6. The van der Waals surface area contributed by atoms with Gasteiger partial charge in [0.1, 0.15) is 22.6 Å². The molecule has 122 valence electrons. The van der Waals surface area contributed by atoms with E-state index in [2.05, 4.69) is 0 Å². The van der Waals surface area contributed by atoms with Crippen molar-refractivity contribution in [2.75, 3.05) is 6.61 Å². The molecule has 6 heteroatoms. The maximum absolute atomic E-state index is 11.0. The van der Waals surface area contributed by atoms with E-state index in [0.717, 1.165) is 0 Å². The van der Waals surface area contributed by atoms with Crippen molar-refractivity contribution < 1.29 is 30.6 Å². The second-order valence-electron chi connectivity index (χ2n) is 7.75. The molecule has 2 saturated carbocycles. The van der Waals surface area contributed by atoms with Gasteiger partial charge in [0.05, 0.1) is 6.61 Å². The van der Waals surface area contributed by atoms with E-state index < -0.39 is 45.6 Å². The highest BCUT2D eigenvalue weighted by molar-refractivity contribution is 5.56. The minimum absolute atomic E-state index is 0.399. The van der Waals surface area contributed by atoms with Crippen LogP contribution in [0.5, 0.6) is 0 Å². The Kier molecular flexibility index (Phi) is 2.89. The van der Waals surface area contributed by atoms with Gasteiger partial charge in [0.2, 0.25) is 0 Å². The topological polar surface area (TPSA) is 121 Å². The summed E-state index contributed by atoms with van der Waals surface area (Å²) in [6.45, 7) is 8.36. The first-order valence-electron chi connectivity index (χ1n) is 7.04. The first-order chi connectivity index (χ1) is 9.16. The highest BCUT2D eigenvalue weighted by Gasteiger charge is 3.03. The molecule has 0 amide bonds. The molecule has 2 aliphatic carbocycles. The van der Waals surface area contributed by atoms with Crippen molar-refractivity contribution in [3.63, 3.8) is 0 Å². The van der Waals surface area contributed by atoms with Gasteiger partial charge in [-0.3, -0.25) is 0 Å². The molecule has 0 aromatic rings. The summed E-state index contributed by atoms with van der Waals surface area (Å²) in [5.74, 6) is -0.425. The minimum Gasteiger partial charge on any atom is -0.509 e. The van der Waals surface area contributed by atoms with Crippen LogP contribution in [0.1, 0.15) is 41.5 Å². The summed E-state index contributed by atoms with van der Waals surface area (Å²) in [7, 11) is 0. The van der Waals surface area contributed by atoms with Crippen LogP contribution >= 0.6 is 0 Å². The third-order valence-corrected chi connectivity index (χ3v) is 6.31. The summed E-state index contributed by atoms with van der Waals surface area (Å²) in [6, 6.07) is 0. The van der Waals surface area contributed by atoms with Crippen LogP contribution in [-0.4, -0.2) is 59.7 Å². The molecule has 0 aromatic carbocycles. The first-order valence-corrected chi connectivity index (χ1v) is 7.04. The Bertz CT molecular complexity index is 534. The van der Waals surface area contributed by atoms with Gasteiger partial charge in [-0.2, -0.15) is 0 Å². The monoisotopic (exact) mass is 302 g/mol. The van der Waals surface area contributed by atoms with E-state index in [1.54, 1.807) is 13.8 Å². The van der Waals surface area contributed by atoms with Crippen LogP contribution < -0.4 is 0 Å². The van der Waals surface area contributed by atoms with Gasteiger partial charge < -0.3 is 30.6 Å². The lowest BCUT2D eigenvalue weighted by Gasteiger charge is -2.26. The van der Waals surface area contributed by atoms with Gasteiger partial charge in [0, 0.05) is 10.8 Å². The van der Waals surface area contributed by atoms with Crippen molar-refractivity contribution >= 4 is 0 Å². The van der Waals surface area contributed by atoms with E-state index in [-0.39, 0.29) is 0 Å². The maximum atomic E-state index is 11.0. The number of hydrogen-bond acceptors (Lipinski definition) is 6. The quantitative estimate of drug-likeness (QED) is 0.403. The van der Waals surface area contributed by atoms with Crippen molar-refractivity contribution in [1.82, 2.24) is 0 Å². The normalized spacial score (nSPS) is 49.7. The van der Waals surface area contributed by atoms with Crippen LogP contribution in [0.15, 0.2) is 11.3 Å². The summed E-state index contributed by atoms with van der Waals surface area (Å²) in [6.07, 6.45) is 0. The molecule has 0 radical (unpaired) electrons. The predicted octanol–water partition coefficient (Wildman–Crippen LogP) is -0.165. The Labute approximate surface area is 124 Å². The summed E-state index contributed by atoms with van der Waals surface area (Å²) < 4.78 is 0. The van der Waals surface area contributed by atoms with Gasteiger partial charge in [0.15, 0.2) is 5.60 Å². The lowest BCUT2D eigenvalue weighted by atomic mass is 9.93. The molecular weight excluding hydrogens is 276 g/mol. The second-order valence-corrected chi connectivity index (χ2v) is 7.75. The lowest BCUT2D eigenvalue weighted by molar-refractivity contribution is -0.129. The fraction of sp³-hybridized carbons (Fsp3) is 0.867. The van der Waals surface area contributed by atoms with E-state index in [4.69, 9.17) is 0 Å². The molecule has 2 fully saturated rings. The Morgan fingerprint density at radius 1 is 0.810 bits per heavy atom. The molecule has 21 heavy (non-hydrogen) atoms. The van der Waals surface area contributed by atoms with Gasteiger partial charge in [-0.25, -0.2) is 0 Å². The molecule has 2 aliphatic rings. The van der Waals surface area contributed by atoms with Gasteiger partial charge in [-0.1, -0.05) is 27.7 Å². The molecule has 0 bridgehead atoms. The third-order valence-electron chi connectivity index (χ3n) is 6.31. The summed E-state index contributed by atoms with van der Waals surface area (Å²) in [5, 5.41) is 62.9. The Hall–Kier alpha value is -0.660. The number of aliphatic hydroxyl groups is 6. The molecule has 0 spiro atoms. The first kappa shape index (κ1) is 16.7. The van der Waals surface area contributed by atoms with Gasteiger partial charge in [0.25, 0.3) is 0 Å². The smallest absolute Gasteiger partial charge is 0.161 e. The molecule has 0 aliphatic heterocycles. The number of aliphatic hydroxyl groups excluding tert-OH is 2. The van der Waals surface area contributed by atoms with Crippen molar-refractivity contribution in [1.29, 1.82) is 0 Å². The average Bonchev–Trinajstić information content (AvgIpc) is 2.94. The van der Waals surface area contributed by atoms with E-state index in [9.17, 15) is 30.6 Å². The fourth-order valence-corrected chi connectivity index (χ4v) is 4.35. The van der Waals surface area contributed by atoms with Gasteiger partial charge >= 0.3 is 0 Å². The van der Waals surface area contributed by atoms with Crippen molar-refractivity contribution in [2.45, 2.75) is 63.9 Å². The summed E-state index contributed by atoms with van der Waals surface area (Å²) in [5.41, 5.74) is -10.5. The zero-order chi connectivity index (χ0) is 16.9. The molecule has 0 saturated heterocycles. The predicted molar refractivity (Wildman–Crippen MR) is 75.4 cm³/mol. The van der Waals surface area contributed by atoms with Gasteiger partial charge in [-0.05, 0) is 19.4 Å². The van der Waals surface area contributed by atoms with E-state index in [1.165, 1.54) is 27.7 Å². The molecular formula is C15H26O6. The summed E-state index contributed by atoms with van der Waals surface area (Å²) >= 11 is 0. The van der Waals surface area contributed by atoms with Crippen LogP contribution in [0.25, 0.3) is 0 Å². The highest BCUT2D eigenvalue weighted by Crippen LogP contribution is 2.83. The van der Waals surface area contributed by atoms with Crippen molar-refractivity contribution in [3.05, 3.63) is 11.3 Å². The van der Waals surface area contributed by atoms with Crippen LogP contribution in [0.2, 0.25) is 0 Å². The summed E-state index contributed by atoms with van der Waals surface area (Å²) in [4.78, 5) is 0. The van der Waals surface area contributed by atoms with E-state index >= 15 is 0 Å². The highest BCUT2D eigenvalue weighted by atomic mass is 16.5. The van der Waals surface area contributed by atoms with Gasteiger partial charge in [-0.15, -0.1) is 0 Å². The van der Waals surface area contributed by atoms with Crippen molar-refractivity contribution in [3.8, 4) is 0 Å². The second kappa shape index (κ2) is 3.63. The van der Waals surface area contributed by atoms with E-state index in [0.29, 0.717) is 5.57 Å². The SMILES string of the molecule is CC(C)=C(O)[C@]1(O)C(C)(C)[C@]1(O)[C@@]1(O)C(C)(C)[C@@]1(O)CO. The number of allylic oxidation sites excluding steroid dienone is 1. The Morgan fingerprint density at radius 3 is 1.52 bits per heavy atom.